The Bertz CT molecular complexity index is 603. The monoisotopic (exact) mass is 382 g/mol. The summed E-state index contributed by atoms with van der Waals surface area (Å²) in [5.41, 5.74) is 9.12. The number of fused-ring (bicyclic) bond motifs is 1. The van der Waals surface area contributed by atoms with Gasteiger partial charge in [-0.3, -0.25) is 20.0 Å². The first-order chi connectivity index (χ1) is 13.0. The van der Waals surface area contributed by atoms with Gasteiger partial charge < -0.3 is 21.7 Å². The van der Waals surface area contributed by atoms with Crippen LogP contribution in [0, 0.1) is 11.8 Å². The molecular formula is C17H31FN8O. The van der Waals surface area contributed by atoms with E-state index in [-0.39, 0.29) is 30.5 Å². The molecule has 4 aliphatic rings. The smallest absolute Gasteiger partial charge is 0.229 e. The van der Waals surface area contributed by atoms with Crippen molar-refractivity contribution >= 4 is 5.91 Å². The van der Waals surface area contributed by atoms with Crippen molar-refractivity contribution in [2.45, 2.75) is 43.9 Å². The minimum absolute atomic E-state index is 0.0444. The lowest BCUT2D eigenvalue weighted by molar-refractivity contribution is -0.127. The van der Waals surface area contributed by atoms with Gasteiger partial charge in [0.05, 0.1) is 25.1 Å². The Morgan fingerprint density at radius 3 is 2.93 bits per heavy atom. The van der Waals surface area contributed by atoms with Gasteiger partial charge in [-0.15, -0.1) is 0 Å². The maximum absolute atomic E-state index is 13.5. The van der Waals surface area contributed by atoms with Gasteiger partial charge in [-0.1, -0.05) is 0 Å². The third kappa shape index (κ3) is 3.57. The van der Waals surface area contributed by atoms with Crippen LogP contribution in [0.4, 0.5) is 4.39 Å². The molecule has 0 saturated carbocycles. The molecule has 27 heavy (non-hydrogen) atoms. The molecule has 0 aromatic heterocycles. The van der Waals surface area contributed by atoms with Crippen LogP contribution in [0.15, 0.2) is 12.0 Å². The molecule has 3 fully saturated rings. The Labute approximate surface area is 159 Å². The minimum Gasteiger partial charge on any atom is -0.351 e. The zero-order chi connectivity index (χ0) is 19.1. The molecule has 0 spiro atoms. The molecule has 152 valence electrons. The van der Waals surface area contributed by atoms with Crippen LogP contribution < -0.4 is 32.4 Å². The summed E-state index contributed by atoms with van der Waals surface area (Å²) in [5.74, 6) is -0.494. The molecule has 7 unspecified atom stereocenters. The molecule has 1 amide bonds. The van der Waals surface area contributed by atoms with E-state index < -0.39 is 12.1 Å². The molecule has 0 aliphatic carbocycles. The fraction of sp³-hybridized carbons (Fsp3) is 0.824. The van der Waals surface area contributed by atoms with E-state index in [0.29, 0.717) is 18.1 Å². The van der Waals surface area contributed by atoms with Crippen molar-refractivity contribution in [2.75, 3.05) is 33.2 Å². The molecule has 7 N–H and O–H groups in total. The molecule has 4 aliphatic heterocycles. The van der Waals surface area contributed by atoms with Gasteiger partial charge in [0.15, 0.2) is 0 Å². The number of amides is 1. The van der Waals surface area contributed by atoms with Crippen LogP contribution in [0.2, 0.25) is 0 Å². The number of nitrogens with two attached hydrogens (primary N) is 1. The predicted molar refractivity (Wildman–Crippen MR) is 99.3 cm³/mol. The van der Waals surface area contributed by atoms with E-state index in [0.717, 1.165) is 26.1 Å². The van der Waals surface area contributed by atoms with Crippen LogP contribution in [0.1, 0.15) is 13.3 Å². The van der Waals surface area contributed by atoms with E-state index in [1.54, 1.807) is 5.01 Å². The van der Waals surface area contributed by atoms with Gasteiger partial charge >= 0.3 is 0 Å². The van der Waals surface area contributed by atoms with Crippen LogP contribution in [0.25, 0.3) is 0 Å². The number of hydrogen-bond acceptors (Lipinski definition) is 8. The first kappa shape index (κ1) is 19.0. The fourth-order valence-corrected chi connectivity index (χ4v) is 4.85. The van der Waals surface area contributed by atoms with Gasteiger partial charge in [-0.25, -0.2) is 9.82 Å². The highest BCUT2D eigenvalue weighted by Gasteiger charge is 2.46. The maximum atomic E-state index is 13.5. The summed E-state index contributed by atoms with van der Waals surface area (Å²) in [6.45, 7) is 4.92. The number of nitrogens with zero attached hydrogens (tertiary/aromatic N) is 2. The largest absolute Gasteiger partial charge is 0.351 e. The van der Waals surface area contributed by atoms with Gasteiger partial charge in [0, 0.05) is 25.2 Å². The second-order valence-electron chi connectivity index (χ2n) is 8.08. The lowest BCUT2D eigenvalue weighted by atomic mass is 9.85. The number of likely N-dealkylation sites (N-methyl/N-ethyl adjacent to an activating group) is 1. The summed E-state index contributed by atoms with van der Waals surface area (Å²) in [6, 6.07) is 0.437. The predicted octanol–water partition coefficient (Wildman–Crippen LogP) is -2.21. The van der Waals surface area contributed by atoms with E-state index in [1.807, 2.05) is 0 Å². The Balaban J connectivity index is 1.45. The Hall–Kier alpha value is -1.30. The minimum atomic E-state index is -0.560. The van der Waals surface area contributed by atoms with E-state index >= 15 is 0 Å². The van der Waals surface area contributed by atoms with Crippen molar-refractivity contribution in [2.24, 2.45) is 17.6 Å². The fourth-order valence-electron chi connectivity index (χ4n) is 4.85. The third-order valence-electron chi connectivity index (χ3n) is 6.50. The standard InChI is InChI=1S/C17H31FN8O/c1-9-21-7-13(25(9)2)11-3-4-20-6-12(11)23-17(27)14-15(19)24-26-8-10(18)5-22-16(14)26/h8-9,11-16,20-22,24H,3-7,19H2,1-2H3,(H,23,27). The molecule has 0 aromatic rings. The Morgan fingerprint density at radius 2 is 2.19 bits per heavy atom. The highest BCUT2D eigenvalue weighted by Crippen LogP contribution is 2.27. The van der Waals surface area contributed by atoms with E-state index in [9.17, 15) is 9.18 Å². The van der Waals surface area contributed by atoms with Gasteiger partial charge in [0.25, 0.3) is 0 Å². The van der Waals surface area contributed by atoms with Crippen molar-refractivity contribution in [3.05, 3.63) is 12.0 Å². The summed E-state index contributed by atoms with van der Waals surface area (Å²) in [7, 11) is 2.14. The Morgan fingerprint density at radius 1 is 1.37 bits per heavy atom. The average Bonchev–Trinajstić information content (AvgIpc) is 3.14. The zero-order valence-electron chi connectivity index (χ0n) is 15.9. The summed E-state index contributed by atoms with van der Waals surface area (Å²) in [4.78, 5) is 15.5. The summed E-state index contributed by atoms with van der Waals surface area (Å²) >= 11 is 0. The number of rotatable bonds is 3. The molecule has 0 aromatic carbocycles. The summed E-state index contributed by atoms with van der Waals surface area (Å²) in [6.07, 6.45) is 1.83. The van der Waals surface area contributed by atoms with Crippen molar-refractivity contribution in [1.82, 2.24) is 36.6 Å². The van der Waals surface area contributed by atoms with Crippen LogP contribution in [-0.2, 0) is 4.79 Å². The first-order valence-electron chi connectivity index (χ1n) is 9.82. The molecular weight excluding hydrogens is 351 g/mol. The third-order valence-corrected chi connectivity index (χ3v) is 6.50. The van der Waals surface area contributed by atoms with Crippen molar-refractivity contribution < 1.29 is 9.18 Å². The highest BCUT2D eigenvalue weighted by atomic mass is 19.1. The number of piperidine rings is 1. The lowest BCUT2D eigenvalue weighted by Gasteiger charge is -2.40. The van der Waals surface area contributed by atoms with Gasteiger partial charge in [-0.05, 0) is 32.9 Å². The quantitative estimate of drug-likeness (QED) is 0.326. The van der Waals surface area contributed by atoms with Crippen molar-refractivity contribution in [1.29, 1.82) is 0 Å². The number of hydrazine groups is 1. The number of carbonyl (C=O) groups is 1. The lowest BCUT2D eigenvalue weighted by Crippen LogP contribution is -2.60. The second-order valence-corrected chi connectivity index (χ2v) is 8.08. The number of hydrogen-bond donors (Lipinski definition) is 6. The highest BCUT2D eigenvalue weighted by molar-refractivity contribution is 5.81. The normalized spacial score (nSPS) is 42.7. The van der Waals surface area contributed by atoms with Crippen LogP contribution in [0.5, 0.6) is 0 Å². The molecule has 4 rings (SSSR count). The van der Waals surface area contributed by atoms with Gasteiger partial charge in [0.2, 0.25) is 5.91 Å². The molecule has 10 heteroatoms. The number of nitrogens with one attached hydrogen (secondary N) is 5. The van der Waals surface area contributed by atoms with E-state index in [1.165, 1.54) is 6.20 Å². The molecule has 0 bridgehead atoms. The van der Waals surface area contributed by atoms with E-state index in [2.05, 4.69) is 45.6 Å². The second kappa shape index (κ2) is 7.61. The Kier molecular flexibility index (Phi) is 5.36. The van der Waals surface area contributed by atoms with Crippen molar-refractivity contribution in [3.8, 4) is 0 Å². The topological polar surface area (TPSA) is 110 Å². The molecule has 9 nitrogen and oxygen atoms in total. The van der Waals surface area contributed by atoms with Crippen molar-refractivity contribution in [3.63, 3.8) is 0 Å². The van der Waals surface area contributed by atoms with Crippen LogP contribution in [-0.4, -0.2) is 79.6 Å². The SMILES string of the molecule is CC1NCC(C2CCNCC2NC(=O)C2C(N)NN3C=C(F)CNC23)N1C. The zero-order valence-corrected chi connectivity index (χ0v) is 15.9. The van der Waals surface area contributed by atoms with E-state index in [4.69, 9.17) is 5.73 Å². The maximum Gasteiger partial charge on any atom is 0.229 e. The van der Waals surface area contributed by atoms with Crippen LogP contribution >= 0.6 is 0 Å². The van der Waals surface area contributed by atoms with Gasteiger partial charge in [-0.2, -0.15) is 0 Å². The molecule has 3 saturated heterocycles. The average molecular weight is 382 g/mol. The summed E-state index contributed by atoms with van der Waals surface area (Å²) < 4.78 is 13.5. The first-order valence-corrected chi connectivity index (χ1v) is 9.82. The molecule has 7 atom stereocenters. The van der Waals surface area contributed by atoms with Crippen LogP contribution in [0.3, 0.4) is 0 Å². The molecule has 4 heterocycles. The molecule has 0 radical (unpaired) electrons. The summed E-state index contributed by atoms with van der Waals surface area (Å²) in [5, 5.41) is 14.8. The number of halogens is 1. The number of carbonyl (C=O) groups excluding carboxylic acids is 1. The van der Waals surface area contributed by atoms with Gasteiger partial charge in [0.1, 0.15) is 17.9 Å².